The van der Waals surface area contributed by atoms with Crippen LogP contribution in [0.1, 0.15) is 19.4 Å². The summed E-state index contributed by atoms with van der Waals surface area (Å²) in [6.45, 7) is 3.73. The standard InChI is InChI=1S/C20H20Cl2N4O3S2/c1-20(2)17(26(28)18(27)24-13-8-9-14(21)15(22)10-13)25(19(30)31-20)23-11-12-6-4-5-7-16(12)29-3/h4-11,17,28H,1-3H3,(H,24,27)/b23-11-/t17-/m1/s1. The molecule has 0 aromatic heterocycles. The average molecular weight is 499 g/mol. The minimum atomic E-state index is -0.862. The number of rotatable bonds is 5. The number of hydrogen-bond donors (Lipinski definition) is 2. The molecule has 2 aromatic carbocycles. The largest absolute Gasteiger partial charge is 0.496 e. The summed E-state index contributed by atoms with van der Waals surface area (Å²) in [5, 5.41) is 20.5. The molecule has 1 heterocycles. The lowest BCUT2D eigenvalue weighted by molar-refractivity contribution is -0.114. The first-order valence-corrected chi connectivity index (χ1v) is 11.1. The second-order valence-electron chi connectivity index (χ2n) is 7.08. The third-order valence-corrected chi connectivity index (χ3v) is 6.74. The number of carbonyl (C=O) groups is 1. The minimum Gasteiger partial charge on any atom is -0.496 e. The first kappa shape index (κ1) is 23.6. The van der Waals surface area contributed by atoms with Gasteiger partial charge in [-0.05, 0) is 44.2 Å². The van der Waals surface area contributed by atoms with E-state index < -0.39 is 16.9 Å². The lowest BCUT2D eigenvalue weighted by atomic mass is 10.1. The smallest absolute Gasteiger partial charge is 0.347 e. The molecule has 1 fully saturated rings. The molecule has 1 saturated heterocycles. The van der Waals surface area contributed by atoms with Gasteiger partial charge in [-0.3, -0.25) is 5.21 Å². The van der Waals surface area contributed by atoms with Crippen LogP contribution in [0.3, 0.4) is 0 Å². The van der Waals surface area contributed by atoms with Crippen LogP contribution in [0, 0.1) is 0 Å². The van der Waals surface area contributed by atoms with E-state index in [1.54, 1.807) is 25.5 Å². The number of nitrogens with one attached hydrogen (secondary N) is 1. The van der Waals surface area contributed by atoms with E-state index in [2.05, 4.69) is 10.4 Å². The normalized spacial score (nSPS) is 17.8. The van der Waals surface area contributed by atoms with Crippen LogP contribution in [0.2, 0.25) is 10.0 Å². The van der Waals surface area contributed by atoms with Crippen molar-refractivity contribution < 1.29 is 14.7 Å². The van der Waals surface area contributed by atoms with Crippen molar-refractivity contribution in [3.8, 4) is 5.75 Å². The van der Waals surface area contributed by atoms with E-state index in [1.807, 2.05) is 38.1 Å². The zero-order valence-corrected chi connectivity index (χ0v) is 20.0. The number of benzene rings is 2. The highest BCUT2D eigenvalue weighted by Gasteiger charge is 2.50. The van der Waals surface area contributed by atoms with E-state index in [9.17, 15) is 10.0 Å². The fourth-order valence-corrected chi connectivity index (χ4v) is 5.08. The Morgan fingerprint density at radius 2 is 2.03 bits per heavy atom. The number of hydroxylamine groups is 2. The van der Waals surface area contributed by atoms with Crippen LogP contribution in [-0.4, -0.2) is 49.9 Å². The second kappa shape index (κ2) is 9.62. The molecule has 1 aliphatic heterocycles. The zero-order valence-electron chi connectivity index (χ0n) is 16.9. The minimum absolute atomic E-state index is 0.282. The first-order chi connectivity index (χ1) is 14.6. The number of thioether (sulfide) groups is 1. The van der Waals surface area contributed by atoms with Crippen molar-refractivity contribution in [2.24, 2.45) is 5.10 Å². The molecule has 3 rings (SSSR count). The van der Waals surface area contributed by atoms with Crippen LogP contribution in [0.5, 0.6) is 5.75 Å². The van der Waals surface area contributed by atoms with Gasteiger partial charge in [0.1, 0.15) is 5.75 Å². The number of amides is 2. The molecular formula is C20H20Cl2N4O3S2. The quantitative estimate of drug-likeness (QED) is 0.238. The number of halogens is 2. The number of methoxy groups -OCH3 is 1. The number of hydrazone groups is 1. The number of para-hydroxylation sites is 1. The van der Waals surface area contributed by atoms with Crippen molar-refractivity contribution in [1.29, 1.82) is 0 Å². The van der Waals surface area contributed by atoms with Gasteiger partial charge in [0.05, 0.1) is 28.1 Å². The van der Waals surface area contributed by atoms with Crippen LogP contribution < -0.4 is 10.1 Å². The van der Waals surface area contributed by atoms with Gasteiger partial charge in [-0.25, -0.2) is 9.80 Å². The number of carbonyl (C=O) groups excluding carboxylic acids is 1. The number of urea groups is 1. The Bertz CT molecular complexity index is 1040. The van der Waals surface area contributed by atoms with Crippen molar-refractivity contribution in [3.63, 3.8) is 0 Å². The number of hydrogen-bond acceptors (Lipinski definition) is 6. The molecule has 2 aromatic rings. The highest BCUT2D eigenvalue weighted by atomic mass is 35.5. The zero-order chi connectivity index (χ0) is 22.8. The maximum absolute atomic E-state index is 12.7. The summed E-state index contributed by atoms with van der Waals surface area (Å²) in [7, 11) is 1.57. The van der Waals surface area contributed by atoms with Crippen LogP contribution in [0.25, 0.3) is 0 Å². The number of thiocarbonyl (C=S) groups is 1. The molecule has 0 unspecified atom stereocenters. The Hall–Kier alpha value is -2.04. The third kappa shape index (κ3) is 5.24. The van der Waals surface area contributed by atoms with Crippen LogP contribution in [-0.2, 0) is 0 Å². The molecular weight excluding hydrogens is 479 g/mol. The van der Waals surface area contributed by atoms with Crippen molar-refractivity contribution in [1.82, 2.24) is 10.1 Å². The second-order valence-corrected chi connectivity index (χ2v) is 10.2. The van der Waals surface area contributed by atoms with Gasteiger partial charge in [0.2, 0.25) is 0 Å². The van der Waals surface area contributed by atoms with Crippen molar-refractivity contribution >= 4 is 69.4 Å². The SMILES string of the molecule is COc1ccccc1/C=N\N1C(=S)SC(C)(C)[C@H]1N(O)C(=O)Nc1ccc(Cl)c(Cl)c1. The van der Waals surface area contributed by atoms with E-state index in [1.165, 1.54) is 22.8 Å². The molecule has 2 N–H and O–H groups in total. The number of ether oxygens (including phenoxy) is 1. The summed E-state index contributed by atoms with van der Waals surface area (Å²) < 4.78 is 5.11. The number of nitrogens with zero attached hydrogens (tertiary/aromatic N) is 3. The summed E-state index contributed by atoms with van der Waals surface area (Å²) in [4.78, 5) is 12.7. The molecule has 1 atom stereocenters. The molecule has 11 heteroatoms. The predicted octanol–water partition coefficient (Wildman–Crippen LogP) is 5.70. The van der Waals surface area contributed by atoms with E-state index in [0.717, 1.165) is 5.56 Å². The van der Waals surface area contributed by atoms with Gasteiger partial charge in [-0.15, -0.1) is 0 Å². The molecule has 0 bridgehead atoms. The van der Waals surface area contributed by atoms with E-state index >= 15 is 0 Å². The third-order valence-electron chi connectivity index (χ3n) is 4.46. The molecule has 7 nitrogen and oxygen atoms in total. The lowest BCUT2D eigenvalue weighted by Gasteiger charge is -2.34. The Kier molecular flexibility index (Phi) is 7.33. The van der Waals surface area contributed by atoms with Gasteiger partial charge >= 0.3 is 6.03 Å². The molecule has 31 heavy (non-hydrogen) atoms. The Labute approximate surface area is 199 Å². The monoisotopic (exact) mass is 498 g/mol. The summed E-state index contributed by atoms with van der Waals surface area (Å²) >= 11 is 18.7. The summed E-state index contributed by atoms with van der Waals surface area (Å²) in [5.74, 6) is 0.637. The fourth-order valence-electron chi connectivity index (χ4n) is 2.99. The lowest BCUT2D eigenvalue weighted by Crippen LogP contribution is -2.54. The Balaban J connectivity index is 1.84. The molecule has 2 amide bonds. The van der Waals surface area contributed by atoms with Gasteiger partial charge < -0.3 is 10.1 Å². The van der Waals surface area contributed by atoms with E-state index in [-0.39, 0.29) is 5.02 Å². The molecule has 0 saturated carbocycles. The highest BCUT2D eigenvalue weighted by molar-refractivity contribution is 8.24. The van der Waals surface area contributed by atoms with Crippen LogP contribution >= 0.6 is 47.2 Å². The Morgan fingerprint density at radius 3 is 2.71 bits per heavy atom. The van der Waals surface area contributed by atoms with Crippen molar-refractivity contribution in [2.45, 2.75) is 24.8 Å². The van der Waals surface area contributed by atoms with Gasteiger partial charge in [0.15, 0.2) is 10.5 Å². The topological polar surface area (TPSA) is 77.4 Å². The fraction of sp³-hybridized carbons (Fsp3) is 0.250. The molecule has 0 radical (unpaired) electrons. The average Bonchev–Trinajstić information content (AvgIpc) is 2.96. The molecule has 0 spiro atoms. The van der Waals surface area contributed by atoms with E-state index in [0.29, 0.717) is 25.8 Å². The number of anilines is 1. The summed E-state index contributed by atoms with van der Waals surface area (Å²) in [5.41, 5.74) is 1.11. The summed E-state index contributed by atoms with van der Waals surface area (Å²) in [6.07, 6.45) is 0.712. The maximum Gasteiger partial charge on any atom is 0.347 e. The molecule has 164 valence electrons. The van der Waals surface area contributed by atoms with Crippen molar-refractivity contribution in [2.75, 3.05) is 12.4 Å². The molecule has 1 aliphatic rings. The van der Waals surface area contributed by atoms with Crippen LogP contribution in [0.4, 0.5) is 10.5 Å². The highest BCUT2D eigenvalue weighted by Crippen LogP contribution is 2.42. The Morgan fingerprint density at radius 1 is 1.32 bits per heavy atom. The predicted molar refractivity (Wildman–Crippen MR) is 130 cm³/mol. The van der Waals surface area contributed by atoms with Gasteiger partial charge in [-0.2, -0.15) is 10.2 Å². The van der Waals surface area contributed by atoms with Gasteiger partial charge in [0, 0.05) is 11.3 Å². The van der Waals surface area contributed by atoms with Crippen molar-refractivity contribution in [3.05, 3.63) is 58.1 Å². The van der Waals surface area contributed by atoms with E-state index in [4.69, 9.17) is 40.2 Å². The first-order valence-electron chi connectivity index (χ1n) is 9.07. The maximum atomic E-state index is 12.7. The molecule has 0 aliphatic carbocycles. The summed E-state index contributed by atoms with van der Waals surface area (Å²) in [6, 6.07) is 11.2. The van der Waals surface area contributed by atoms with Gasteiger partial charge in [-0.1, -0.05) is 59.3 Å². The van der Waals surface area contributed by atoms with Gasteiger partial charge in [0.25, 0.3) is 0 Å². The van der Waals surface area contributed by atoms with Crippen LogP contribution in [0.15, 0.2) is 47.6 Å².